The lowest BCUT2D eigenvalue weighted by Gasteiger charge is -2.35. The average Bonchev–Trinajstić information content (AvgIpc) is 3.50. The van der Waals surface area contributed by atoms with Gasteiger partial charge in [-0.1, -0.05) is 45.0 Å². The zero-order chi connectivity index (χ0) is 28.6. The number of carbonyl (C=O) groups excluding carboxylic acids is 3. The van der Waals surface area contributed by atoms with Gasteiger partial charge in [0.05, 0.1) is 28.8 Å². The number of ether oxygens (including phenoxy) is 1. The summed E-state index contributed by atoms with van der Waals surface area (Å²) < 4.78 is 5.40. The highest BCUT2D eigenvalue weighted by Gasteiger charge is 2.44. The molecule has 1 fully saturated rings. The number of thiazole rings is 1. The Morgan fingerprint density at radius 1 is 1.23 bits per heavy atom. The fraction of sp³-hybridized carbons (Fsp3) is 0.571. The van der Waals surface area contributed by atoms with Crippen molar-refractivity contribution >= 4 is 40.7 Å². The molecule has 3 rings (SSSR count). The third kappa shape index (κ3) is 8.73. The molecule has 0 radical (unpaired) electrons. The number of halogens is 1. The molecule has 1 saturated heterocycles. The van der Waals surface area contributed by atoms with E-state index in [4.69, 9.17) is 16.3 Å². The predicted molar refractivity (Wildman–Crippen MR) is 152 cm³/mol. The summed E-state index contributed by atoms with van der Waals surface area (Å²) >= 11 is 7.21. The molecule has 1 aliphatic heterocycles. The van der Waals surface area contributed by atoms with Gasteiger partial charge in [0.1, 0.15) is 12.1 Å². The van der Waals surface area contributed by atoms with Crippen LogP contribution in [0.3, 0.4) is 0 Å². The molecular formula is C28H39ClN4O5S. The van der Waals surface area contributed by atoms with Gasteiger partial charge in [0.25, 0.3) is 0 Å². The maximum absolute atomic E-state index is 13.6. The highest BCUT2D eigenvalue weighted by molar-refractivity contribution is 7.13. The SMILES string of the molecule is Cc1ncsc1-c1ccc(CNC(=O)[C@@H]2C[C@@H](O)CN2C(=O)[C@@H](NC(=O)CCOCCCCl)C(C)(C)C)cc1. The van der Waals surface area contributed by atoms with Crippen molar-refractivity contribution in [1.82, 2.24) is 20.5 Å². The minimum Gasteiger partial charge on any atom is -0.391 e. The van der Waals surface area contributed by atoms with E-state index in [9.17, 15) is 19.5 Å². The van der Waals surface area contributed by atoms with Crippen molar-refractivity contribution in [2.75, 3.05) is 25.6 Å². The van der Waals surface area contributed by atoms with Gasteiger partial charge >= 0.3 is 0 Å². The zero-order valence-electron chi connectivity index (χ0n) is 23.0. The first-order valence-corrected chi connectivity index (χ1v) is 14.6. The summed E-state index contributed by atoms with van der Waals surface area (Å²) in [5, 5.41) is 16.1. The van der Waals surface area contributed by atoms with Crippen LogP contribution in [0, 0.1) is 12.3 Å². The molecule has 39 heavy (non-hydrogen) atoms. The van der Waals surface area contributed by atoms with E-state index in [1.54, 1.807) is 11.3 Å². The molecule has 0 bridgehead atoms. The van der Waals surface area contributed by atoms with Crippen LogP contribution in [0.15, 0.2) is 29.8 Å². The quantitative estimate of drug-likeness (QED) is 0.263. The molecule has 3 atom stereocenters. The number of hydrogen-bond donors (Lipinski definition) is 3. The van der Waals surface area contributed by atoms with Crippen LogP contribution in [0.1, 0.15) is 51.3 Å². The monoisotopic (exact) mass is 578 g/mol. The molecule has 0 unspecified atom stereocenters. The summed E-state index contributed by atoms with van der Waals surface area (Å²) in [7, 11) is 0. The van der Waals surface area contributed by atoms with Crippen LogP contribution in [0.25, 0.3) is 10.4 Å². The largest absolute Gasteiger partial charge is 0.391 e. The van der Waals surface area contributed by atoms with Crippen LogP contribution in [0.4, 0.5) is 0 Å². The number of carbonyl (C=O) groups is 3. The fourth-order valence-corrected chi connectivity index (χ4v) is 5.36. The Morgan fingerprint density at radius 3 is 2.56 bits per heavy atom. The van der Waals surface area contributed by atoms with E-state index in [1.807, 2.05) is 57.5 Å². The van der Waals surface area contributed by atoms with E-state index in [1.165, 1.54) is 4.90 Å². The number of β-amino-alcohol motifs (C(OH)–C–C–N with tert-alkyl or cyclic N) is 1. The van der Waals surface area contributed by atoms with E-state index in [2.05, 4.69) is 15.6 Å². The maximum Gasteiger partial charge on any atom is 0.246 e. The number of hydrogen-bond acceptors (Lipinski definition) is 7. The topological polar surface area (TPSA) is 121 Å². The van der Waals surface area contributed by atoms with Crippen molar-refractivity contribution in [3.05, 3.63) is 41.0 Å². The van der Waals surface area contributed by atoms with Gasteiger partial charge in [0.15, 0.2) is 0 Å². The van der Waals surface area contributed by atoms with Gasteiger partial charge < -0.3 is 25.4 Å². The second-order valence-electron chi connectivity index (χ2n) is 10.8. The summed E-state index contributed by atoms with van der Waals surface area (Å²) in [4.78, 5) is 46.2. The number of aliphatic hydroxyl groups excluding tert-OH is 1. The van der Waals surface area contributed by atoms with Crippen LogP contribution in [0.2, 0.25) is 0 Å². The lowest BCUT2D eigenvalue weighted by Crippen LogP contribution is -2.57. The molecule has 2 aromatic rings. The summed E-state index contributed by atoms with van der Waals surface area (Å²) in [6.07, 6.45) is 0.125. The van der Waals surface area contributed by atoms with Crippen LogP contribution in [-0.2, 0) is 25.7 Å². The number of likely N-dealkylation sites (tertiary alicyclic amines) is 1. The Bertz CT molecular complexity index is 1120. The van der Waals surface area contributed by atoms with Crippen molar-refractivity contribution in [1.29, 1.82) is 0 Å². The maximum atomic E-state index is 13.6. The third-order valence-corrected chi connectivity index (χ3v) is 7.85. The van der Waals surface area contributed by atoms with E-state index >= 15 is 0 Å². The molecular weight excluding hydrogens is 540 g/mol. The first-order chi connectivity index (χ1) is 18.5. The molecule has 0 aliphatic carbocycles. The number of rotatable bonds is 12. The van der Waals surface area contributed by atoms with Crippen molar-refractivity contribution in [2.45, 2.75) is 71.7 Å². The van der Waals surface area contributed by atoms with Gasteiger partial charge in [0.2, 0.25) is 17.7 Å². The van der Waals surface area contributed by atoms with Crippen LogP contribution in [-0.4, -0.2) is 76.5 Å². The molecule has 0 saturated carbocycles. The van der Waals surface area contributed by atoms with E-state index in [0.717, 1.165) is 21.7 Å². The van der Waals surface area contributed by atoms with Gasteiger partial charge in [-0.15, -0.1) is 22.9 Å². The number of nitrogens with zero attached hydrogens (tertiary/aromatic N) is 2. The smallest absolute Gasteiger partial charge is 0.246 e. The Hall–Kier alpha value is -2.53. The number of alkyl halides is 1. The second kappa shape index (κ2) is 14.2. The van der Waals surface area contributed by atoms with Gasteiger partial charge in [-0.05, 0) is 29.9 Å². The van der Waals surface area contributed by atoms with Crippen LogP contribution >= 0.6 is 22.9 Å². The highest BCUT2D eigenvalue weighted by atomic mass is 35.5. The molecule has 214 valence electrons. The van der Waals surface area contributed by atoms with Gasteiger partial charge in [-0.2, -0.15) is 0 Å². The van der Waals surface area contributed by atoms with Gasteiger partial charge in [0, 0.05) is 38.4 Å². The zero-order valence-corrected chi connectivity index (χ0v) is 24.6. The molecule has 2 heterocycles. The Kier molecular flexibility index (Phi) is 11.3. The predicted octanol–water partition coefficient (Wildman–Crippen LogP) is 3.26. The van der Waals surface area contributed by atoms with Gasteiger partial charge in [-0.25, -0.2) is 4.98 Å². The molecule has 1 aromatic carbocycles. The first kappa shape index (κ1) is 31.0. The fourth-order valence-electron chi connectivity index (χ4n) is 4.44. The number of aryl methyl sites for hydroxylation is 1. The third-order valence-electron chi connectivity index (χ3n) is 6.61. The Labute approximate surface area is 239 Å². The summed E-state index contributed by atoms with van der Waals surface area (Å²) in [6.45, 7) is 8.55. The minimum atomic E-state index is -0.865. The summed E-state index contributed by atoms with van der Waals surface area (Å²) in [6, 6.07) is 6.20. The normalized spacial score (nSPS) is 18.2. The molecule has 1 aromatic heterocycles. The van der Waals surface area contributed by atoms with E-state index in [0.29, 0.717) is 25.5 Å². The van der Waals surface area contributed by atoms with Crippen molar-refractivity contribution < 1.29 is 24.2 Å². The van der Waals surface area contributed by atoms with Crippen LogP contribution < -0.4 is 10.6 Å². The lowest BCUT2D eigenvalue weighted by molar-refractivity contribution is -0.144. The molecule has 3 amide bonds. The number of benzene rings is 1. The standard InChI is InChI=1S/C28H39ClN4O5S/c1-18-24(39-17-31-18)20-8-6-19(7-9-20)15-30-26(36)22-14-21(34)16-33(22)27(37)25(28(2,3)4)32-23(35)10-13-38-12-5-11-29/h6-9,17,21-22,25,34H,5,10-16H2,1-4H3,(H,30,36)(H,32,35)/t21-,22+,25-/m1/s1. The number of nitrogens with one attached hydrogen (secondary N) is 2. The minimum absolute atomic E-state index is 0.0316. The van der Waals surface area contributed by atoms with E-state index < -0.39 is 23.6 Å². The van der Waals surface area contributed by atoms with Gasteiger partial charge in [-0.3, -0.25) is 14.4 Å². The Morgan fingerprint density at radius 2 is 1.95 bits per heavy atom. The number of aromatic nitrogens is 1. The first-order valence-electron chi connectivity index (χ1n) is 13.2. The van der Waals surface area contributed by atoms with Crippen molar-refractivity contribution in [3.63, 3.8) is 0 Å². The van der Waals surface area contributed by atoms with Crippen LogP contribution in [0.5, 0.6) is 0 Å². The summed E-state index contributed by atoms with van der Waals surface area (Å²) in [5.74, 6) is -0.552. The Balaban J connectivity index is 1.61. The molecule has 9 nitrogen and oxygen atoms in total. The average molecular weight is 579 g/mol. The molecule has 1 aliphatic rings. The number of aliphatic hydroxyl groups is 1. The molecule has 11 heteroatoms. The second-order valence-corrected chi connectivity index (χ2v) is 12.1. The highest BCUT2D eigenvalue weighted by Crippen LogP contribution is 2.28. The van der Waals surface area contributed by atoms with Crippen molar-refractivity contribution in [2.24, 2.45) is 5.41 Å². The lowest BCUT2D eigenvalue weighted by atomic mass is 9.85. The summed E-state index contributed by atoms with van der Waals surface area (Å²) in [5.41, 5.74) is 4.16. The van der Waals surface area contributed by atoms with E-state index in [-0.39, 0.29) is 43.7 Å². The van der Waals surface area contributed by atoms with Crippen molar-refractivity contribution in [3.8, 4) is 10.4 Å². The number of amides is 3. The molecule has 3 N–H and O–H groups in total. The molecule has 0 spiro atoms.